The lowest BCUT2D eigenvalue weighted by atomic mass is 10.2. The minimum Gasteiger partial charge on any atom is -0.349 e. The Kier molecular flexibility index (Phi) is 5.47. The van der Waals surface area contributed by atoms with Gasteiger partial charge in [0.1, 0.15) is 5.78 Å². The molecule has 1 aromatic carbocycles. The first kappa shape index (κ1) is 14.6. The average molecular weight is 260 g/mol. The van der Waals surface area contributed by atoms with Gasteiger partial charge in [0.15, 0.2) is 0 Å². The largest absolute Gasteiger partial charge is 0.349 e. The molecule has 0 saturated heterocycles. The highest BCUT2D eigenvalue weighted by atomic mass is 16.2. The molecule has 5 heteroatoms. The smallest absolute Gasteiger partial charge is 0.251 e. The van der Waals surface area contributed by atoms with Crippen molar-refractivity contribution >= 4 is 23.3 Å². The molecule has 1 aromatic rings. The number of nitrogens with one attached hydrogen (secondary N) is 2. The van der Waals surface area contributed by atoms with E-state index in [-0.39, 0.29) is 24.0 Å². The SMILES string of the molecule is C=CCNC(=O)c1ccc(NC(=O)CC(C)=O)cc1. The minimum absolute atomic E-state index is 0.151. The summed E-state index contributed by atoms with van der Waals surface area (Å²) in [4.78, 5) is 33.7. The molecule has 2 amide bonds. The molecule has 0 aromatic heterocycles. The summed E-state index contributed by atoms with van der Waals surface area (Å²) in [5, 5.41) is 5.22. The van der Waals surface area contributed by atoms with Crippen molar-refractivity contribution in [2.45, 2.75) is 13.3 Å². The van der Waals surface area contributed by atoms with Crippen LogP contribution in [0, 0.1) is 0 Å². The van der Waals surface area contributed by atoms with E-state index in [0.717, 1.165) is 0 Å². The highest BCUT2D eigenvalue weighted by Gasteiger charge is 2.07. The van der Waals surface area contributed by atoms with Crippen LogP contribution in [0.15, 0.2) is 36.9 Å². The molecule has 1 rings (SSSR count). The monoisotopic (exact) mass is 260 g/mol. The first-order valence-electron chi connectivity index (χ1n) is 5.81. The first-order valence-corrected chi connectivity index (χ1v) is 5.81. The molecule has 5 nitrogen and oxygen atoms in total. The Bertz CT molecular complexity index is 492. The fraction of sp³-hybridized carbons (Fsp3) is 0.214. The first-order chi connectivity index (χ1) is 9.02. The van der Waals surface area contributed by atoms with Crippen LogP contribution in [0.4, 0.5) is 5.69 Å². The Labute approximate surface area is 111 Å². The van der Waals surface area contributed by atoms with Gasteiger partial charge < -0.3 is 10.6 Å². The summed E-state index contributed by atoms with van der Waals surface area (Å²) in [6.45, 7) is 5.26. The summed E-state index contributed by atoms with van der Waals surface area (Å²) in [6.07, 6.45) is 1.44. The Balaban J connectivity index is 2.61. The molecule has 0 radical (unpaired) electrons. The van der Waals surface area contributed by atoms with E-state index < -0.39 is 0 Å². The third-order valence-electron chi connectivity index (χ3n) is 2.25. The second kappa shape index (κ2) is 7.10. The topological polar surface area (TPSA) is 75.3 Å². The number of anilines is 1. The van der Waals surface area contributed by atoms with Crippen LogP contribution in [0.2, 0.25) is 0 Å². The molecule has 0 spiro atoms. The number of amides is 2. The zero-order valence-electron chi connectivity index (χ0n) is 10.7. The van der Waals surface area contributed by atoms with E-state index in [0.29, 0.717) is 17.8 Å². The average Bonchev–Trinajstić information content (AvgIpc) is 2.35. The van der Waals surface area contributed by atoms with Crippen molar-refractivity contribution in [1.29, 1.82) is 0 Å². The van der Waals surface area contributed by atoms with Gasteiger partial charge in [-0.15, -0.1) is 6.58 Å². The van der Waals surface area contributed by atoms with Crippen LogP contribution in [0.1, 0.15) is 23.7 Å². The van der Waals surface area contributed by atoms with Crippen molar-refractivity contribution in [3.63, 3.8) is 0 Å². The molecular weight excluding hydrogens is 244 g/mol. The van der Waals surface area contributed by atoms with Crippen molar-refractivity contribution in [2.75, 3.05) is 11.9 Å². The second-order valence-corrected chi connectivity index (χ2v) is 4.00. The lowest BCUT2D eigenvalue weighted by Gasteiger charge is -2.06. The summed E-state index contributed by atoms with van der Waals surface area (Å²) in [5.41, 5.74) is 1.04. The predicted octanol–water partition coefficient (Wildman–Crippen LogP) is 1.52. The van der Waals surface area contributed by atoms with Gasteiger partial charge in [-0.1, -0.05) is 6.08 Å². The highest BCUT2D eigenvalue weighted by Crippen LogP contribution is 2.10. The quantitative estimate of drug-likeness (QED) is 0.601. The number of Topliss-reactive ketones (excluding diaryl/α,β-unsaturated/α-hetero) is 1. The summed E-state index contributed by atoms with van der Waals surface area (Å²) in [5.74, 6) is -0.768. The number of ketones is 1. The van der Waals surface area contributed by atoms with Gasteiger partial charge in [-0.25, -0.2) is 0 Å². The minimum atomic E-state index is -0.364. The highest BCUT2D eigenvalue weighted by molar-refractivity contribution is 6.03. The Hall–Kier alpha value is -2.43. The van der Waals surface area contributed by atoms with E-state index in [2.05, 4.69) is 17.2 Å². The molecule has 19 heavy (non-hydrogen) atoms. The van der Waals surface area contributed by atoms with Gasteiger partial charge >= 0.3 is 0 Å². The molecular formula is C14H16N2O3. The summed E-state index contributed by atoms with van der Waals surface area (Å²) < 4.78 is 0. The van der Waals surface area contributed by atoms with E-state index in [1.807, 2.05) is 0 Å². The van der Waals surface area contributed by atoms with Crippen LogP contribution < -0.4 is 10.6 Å². The molecule has 0 saturated carbocycles. The van der Waals surface area contributed by atoms with Gasteiger partial charge in [-0.05, 0) is 31.2 Å². The number of rotatable bonds is 6. The van der Waals surface area contributed by atoms with Crippen molar-refractivity contribution in [1.82, 2.24) is 5.32 Å². The van der Waals surface area contributed by atoms with Gasteiger partial charge in [-0.3, -0.25) is 14.4 Å². The fourth-order valence-corrected chi connectivity index (χ4v) is 1.40. The maximum atomic E-state index is 11.6. The molecule has 0 aliphatic carbocycles. The zero-order chi connectivity index (χ0) is 14.3. The van der Waals surface area contributed by atoms with Gasteiger partial charge in [-0.2, -0.15) is 0 Å². The zero-order valence-corrected chi connectivity index (χ0v) is 10.7. The van der Waals surface area contributed by atoms with Gasteiger partial charge in [0.05, 0.1) is 6.42 Å². The molecule has 0 bridgehead atoms. The van der Waals surface area contributed by atoms with Crippen LogP contribution in [0.5, 0.6) is 0 Å². The van der Waals surface area contributed by atoms with Gasteiger partial charge in [0.25, 0.3) is 5.91 Å². The number of benzene rings is 1. The number of carbonyl (C=O) groups excluding carboxylic acids is 3. The molecule has 0 fully saturated rings. The van der Waals surface area contributed by atoms with Crippen molar-refractivity contribution in [2.24, 2.45) is 0 Å². The summed E-state index contributed by atoms with van der Waals surface area (Å²) in [6, 6.07) is 6.42. The predicted molar refractivity (Wildman–Crippen MR) is 72.9 cm³/mol. The fourth-order valence-electron chi connectivity index (χ4n) is 1.40. The molecule has 0 aliphatic rings. The molecule has 0 heterocycles. The maximum Gasteiger partial charge on any atom is 0.251 e. The Morgan fingerprint density at radius 2 is 1.84 bits per heavy atom. The van der Waals surface area contributed by atoms with Crippen molar-refractivity contribution in [3.05, 3.63) is 42.5 Å². The summed E-state index contributed by atoms with van der Waals surface area (Å²) in [7, 11) is 0. The van der Waals surface area contributed by atoms with Crippen LogP contribution in [0.25, 0.3) is 0 Å². The van der Waals surface area contributed by atoms with Gasteiger partial charge in [0, 0.05) is 17.8 Å². The maximum absolute atomic E-state index is 11.6. The van der Waals surface area contributed by atoms with E-state index in [9.17, 15) is 14.4 Å². The van der Waals surface area contributed by atoms with E-state index in [4.69, 9.17) is 0 Å². The van der Waals surface area contributed by atoms with Crippen LogP contribution in [-0.4, -0.2) is 24.1 Å². The normalized spacial score (nSPS) is 9.53. The molecule has 0 aliphatic heterocycles. The molecule has 2 N–H and O–H groups in total. The third kappa shape index (κ3) is 5.16. The van der Waals surface area contributed by atoms with Crippen molar-refractivity contribution in [3.8, 4) is 0 Å². The second-order valence-electron chi connectivity index (χ2n) is 4.00. The van der Waals surface area contributed by atoms with Crippen LogP contribution >= 0.6 is 0 Å². The standard InChI is InChI=1S/C14H16N2O3/c1-3-8-15-14(19)11-4-6-12(7-5-11)16-13(18)9-10(2)17/h3-7H,1,8-9H2,2H3,(H,15,19)(H,16,18). The number of carbonyl (C=O) groups is 3. The van der Waals surface area contributed by atoms with Gasteiger partial charge in [0.2, 0.25) is 5.91 Å². The number of hydrogen-bond acceptors (Lipinski definition) is 3. The molecule has 0 unspecified atom stereocenters. The van der Waals surface area contributed by atoms with E-state index >= 15 is 0 Å². The molecule has 100 valence electrons. The van der Waals surface area contributed by atoms with E-state index in [1.165, 1.54) is 6.92 Å². The summed E-state index contributed by atoms with van der Waals surface area (Å²) >= 11 is 0. The van der Waals surface area contributed by atoms with Crippen molar-refractivity contribution < 1.29 is 14.4 Å². The number of hydrogen-bond donors (Lipinski definition) is 2. The Morgan fingerprint density at radius 3 is 2.37 bits per heavy atom. The lowest BCUT2D eigenvalue weighted by molar-refractivity contribution is -0.124. The van der Waals surface area contributed by atoms with Crippen LogP contribution in [-0.2, 0) is 9.59 Å². The molecule has 0 atom stereocenters. The lowest BCUT2D eigenvalue weighted by Crippen LogP contribution is -2.23. The van der Waals surface area contributed by atoms with Crippen LogP contribution in [0.3, 0.4) is 0 Å². The Morgan fingerprint density at radius 1 is 1.21 bits per heavy atom. The third-order valence-corrected chi connectivity index (χ3v) is 2.25. The van der Waals surface area contributed by atoms with E-state index in [1.54, 1.807) is 30.3 Å².